The monoisotopic (exact) mass is 374 g/mol. The van der Waals surface area contributed by atoms with E-state index in [1.165, 1.54) is 11.8 Å². The second kappa shape index (κ2) is 7.97. The zero-order chi connectivity index (χ0) is 18.5. The van der Waals surface area contributed by atoms with Gasteiger partial charge in [0.15, 0.2) is 0 Å². The molecule has 0 atom stereocenters. The molecule has 4 nitrogen and oxygen atoms in total. The van der Waals surface area contributed by atoms with Gasteiger partial charge in [-0.15, -0.1) is 11.8 Å². The van der Waals surface area contributed by atoms with E-state index >= 15 is 0 Å². The summed E-state index contributed by atoms with van der Waals surface area (Å²) in [6.45, 7) is 0. The summed E-state index contributed by atoms with van der Waals surface area (Å²) in [4.78, 5) is 6.37. The molecule has 0 aliphatic rings. The Morgan fingerprint density at radius 3 is 2.12 bits per heavy atom. The highest BCUT2D eigenvalue weighted by atomic mass is 32.2. The van der Waals surface area contributed by atoms with Crippen LogP contribution in [0.2, 0.25) is 0 Å². The molecule has 6 heteroatoms. The summed E-state index contributed by atoms with van der Waals surface area (Å²) >= 11 is 2.99. The molecular formula is C20H14N4S2. The molecule has 0 aliphatic carbocycles. The van der Waals surface area contributed by atoms with Crippen LogP contribution < -0.4 is 5.73 Å². The van der Waals surface area contributed by atoms with Gasteiger partial charge in [-0.1, -0.05) is 42.1 Å². The third-order valence-electron chi connectivity index (χ3n) is 3.75. The van der Waals surface area contributed by atoms with Gasteiger partial charge < -0.3 is 5.73 Å². The first-order chi connectivity index (χ1) is 12.7. The smallest absolute Gasteiger partial charge is 0.143 e. The van der Waals surface area contributed by atoms with Crippen LogP contribution in [-0.2, 0) is 0 Å². The molecule has 0 bridgehead atoms. The summed E-state index contributed by atoms with van der Waals surface area (Å²) in [5.74, 6) is 0.133. The lowest BCUT2D eigenvalue weighted by Crippen LogP contribution is -2.03. The van der Waals surface area contributed by atoms with Gasteiger partial charge >= 0.3 is 0 Å². The van der Waals surface area contributed by atoms with E-state index in [4.69, 9.17) is 5.73 Å². The predicted octanol–water partition coefficient (Wildman–Crippen LogP) is 4.95. The molecule has 1 aromatic heterocycles. The Hall–Kier alpha value is -2.93. The molecule has 0 spiro atoms. The number of hydrogen-bond acceptors (Lipinski definition) is 6. The normalized spacial score (nSPS) is 10.1. The molecule has 0 unspecified atom stereocenters. The van der Waals surface area contributed by atoms with Crippen molar-refractivity contribution in [2.75, 3.05) is 12.0 Å². The first kappa shape index (κ1) is 17.9. The highest BCUT2D eigenvalue weighted by Gasteiger charge is 2.20. The van der Waals surface area contributed by atoms with E-state index in [9.17, 15) is 10.5 Å². The molecule has 1 heterocycles. The van der Waals surface area contributed by atoms with Crippen LogP contribution >= 0.6 is 23.5 Å². The van der Waals surface area contributed by atoms with Gasteiger partial charge in [0.2, 0.25) is 0 Å². The number of nitrogen functional groups attached to an aromatic ring is 1. The van der Waals surface area contributed by atoms with E-state index in [1.807, 2.05) is 60.9 Å². The molecule has 0 amide bonds. The number of thioether (sulfide) groups is 1. The van der Waals surface area contributed by atoms with Gasteiger partial charge in [-0.2, -0.15) is 10.5 Å². The van der Waals surface area contributed by atoms with Crippen molar-refractivity contribution in [3.63, 3.8) is 0 Å². The first-order valence-corrected chi connectivity index (χ1v) is 9.73. The van der Waals surface area contributed by atoms with Crippen LogP contribution in [-0.4, -0.2) is 11.2 Å². The van der Waals surface area contributed by atoms with Crippen molar-refractivity contribution in [1.29, 1.82) is 10.5 Å². The number of nitrogens with zero attached hydrogens (tertiary/aromatic N) is 3. The molecule has 2 aromatic carbocycles. The SMILES string of the molecule is CSc1ccc(-c2c(C#N)c(N)nc(Sc3ccccc3)c2C#N)cc1. The van der Waals surface area contributed by atoms with E-state index in [0.29, 0.717) is 16.2 Å². The summed E-state index contributed by atoms with van der Waals surface area (Å²) in [6, 6.07) is 21.7. The summed E-state index contributed by atoms with van der Waals surface area (Å²) in [7, 11) is 0. The summed E-state index contributed by atoms with van der Waals surface area (Å²) < 4.78 is 0. The maximum Gasteiger partial charge on any atom is 0.143 e. The van der Waals surface area contributed by atoms with Crippen molar-refractivity contribution >= 4 is 29.3 Å². The second-order valence-electron chi connectivity index (χ2n) is 5.29. The van der Waals surface area contributed by atoms with E-state index in [1.54, 1.807) is 11.8 Å². The Balaban J connectivity index is 2.21. The quantitative estimate of drug-likeness (QED) is 0.650. The van der Waals surface area contributed by atoms with E-state index in [-0.39, 0.29) is 11.4 Å². The molecule has 0 fully saturated rings. The van der Waals surface area contributed by atoms with Crippen LogP contribution in [0.3, 0.4) is 0 Å². The largest absolute Gasteiger partial charge is 0.383 e. The van der Waals surface area contributed by atoms with Crippen molar-refractivity contribution in [3.05, 3.63) is 65.7 Å². The first-order valence-electron chi connectivity index (χ1n) is 7.69. The number of anilines is 1. The van der Waals surface area contributed by atoms with Crippen molar-refractivity contribution < 1.29 is 0 Å². The van der Waals surface area contributed by atoms with Crippen LogP contribution in [0.1, 0.15) is 11.1 Å². The van der Waals surface area contributed by atoms with Gasteiger partial charge in [0.1, 0.15) is 28.5 Å². The molecule has 3 rings (SSSR count). The van der Waals surface area contributed by atoms with Gasteiger partial charge in [-0.05, 0) is 36.1 Å². The Morgan fingerprint density at radius 2 is 1.54 bits per heavy atom. The third-order valence-corrected chi connectivity index (χ3v) is 5.49. The molecular weight excluding hydrogens is 360 g/mol. The molecule has 126 valence electrons. The number of rotatable bonds is 4. The number of aromatic nitrogens is 1. The summed E-state index contributed by atoms with van der Waals surface area (Å²) in [6.07, 6.45) is 2.00. The van der Waals surface area contributed by atoms with Crippen molar-refractivity contribution in [2.45, 2.75) is 14.8 Å². The minimum absolute atomic E-state index is 0.133. The Morgan fingerprint density at radius 1 is 0.885 bits per heavy atom. The van der Waals surface area contributed by atoms with Gasteiger partial charge in [-0.25, -0.2) is 4.98 Å². The maximum absolute atomic E-state index is 9.79. The highest BCUT2D eigenvalue weighted by molar-refractivity contribution is 7.99. The lowest BCUT2D eigenvalue weighted by atomic mass is 9.97. The lowest BCUT2D eigenvalue weighted by Gasteiger charge is -2.13. The number of pyridine rings is 1. The molecule has 0 aliphatic heterocycles. The Kier molecular flexibility index (Phi) is 5.48. The van der Waals surface area contributed by atoms with Gasteiger partial charge in [0.05, 0.1) is 5.56 Å². The standard InChI is InChI=1S/C20H14N4S2/c1-25-14-9-7-13(8-10-14)18-16(11-21)19(23)24-20(17(18)12-22)26-15-5-3-2-4-6-15/h2-10H,1H3,(H2,23,24). The van der Waals surface area contributed by atoms with Crippen LogP contribution in [0.25, 0.3) is 11.1 Å². The van der Waals surface area contributed by atoms with Crippen LogP contribution in [0.4, 0.5) is 5.82 Å². The van der Waals surface area contributed by atoms with E-state index in [0.717, 1.165) is 15.4 Å². The molecule has 26 heavy (non-hydrogen) atoms. The predicted molar refractivity (Wildman–Crippen MR) is 106 cm³/mol. The average molecular weight is 374 g/mol. The molecule has 3 aromatic rings. The fraction of sp³-hybridized carbons (Fsp3) is 0.0500. The molecule has 0 saturated carbocycles. The Bertz CT molecular complexity index is 1020. The lowest BCUT2D eigenvalue weighted by molar-refractivity contribution is 1.11. The van der Waals surface area contributed by atoms with Crippen LogP contribution in [0.15, 0.2) is 69.4 Å². The molecule has 0 saturated heterocycles. The van der Waals surface area contributed by atoms with Crippen LogP contribution in [0, 0.1) is 22.7 Å². The van der Waals surface area contributed by atoms with Crippen molar-refractivity contribution in [3.8, 4) is 23.3 Å². The van der Waals surface area contributed by atoms with Crippen LogP contribution in [0.5, 0.6) is 0 Å². The summed E-state index contributed by atoms with van der Waals surface area (Å²) in [5.41, 5.74) is 7.95. The number of benzene rings is 2. The van der Waals surface area contributed by atoms with Gasteiger partial charge in [0.25, 0.3) is 0 Å². The van der Waals surface area contributed by atoms with E-state index in [2.05, 4.69) is 17.1 Å². The fourth-order valence-corrected chi connectivity index (χ4v) is 3.84. The minimum Gasteiger partial charge on any atom is -0.383 e. The van der Waals surface area contributed by atoms with Gasteiger partial charge in [-0.3, -0.25) is 0 Å². The maximum atomic E-state index is 9.79. The summed E-state index contributed by atoms with van der Waals surface area (Å²) in [5, 5.41) is 19.9. The topological polar surface area (TPSA) is 86.5 Å². The minimum atomic E-state index is 0.133. The zero-order valence-corrected chi connectivity index (χ0v) is 15.6. The fourth-order valence-electron chi connectivity index (χ4n) is 2.52. The number of hydrogen-bond donors (Lipinski definition) is 1. The molecule has 2 N–H and O–H groups in total. The van der Waals surface area contributed by atoms with E-state index < -0.39 is 0 Å². The van der Waals surface area contributed by atoms with Crippen molar-refractivity contribution in [1.82, 2.24) is 4.98 Å². The zero-order valence-electron chi connectivity index (χ0n) is 13.9. The molecule has 0 radical (unpaired) electrons. The third kappa shape index (κ3) is 3.52. The Labute approximate surface area is 160 Å². The number of nitriles is 2. The highest BCUT2D eigenvalue weighted by Crippen LogP contribution is 2.38. The van der Waals surface area contributed by atoms with Gasteiger partial charge in [0, 0.05) is 15.4 Å². The number of nitrogens with two attached hydrogens (primary N) is 1. The average Bonchev–Trinajstić information content (AvgIpc) is 2.68. The van der Waals surface area contributed by atoms with Crippen molar-refractivity contribution in [2.24, 2.45) is 0 Å². The second-order valence-corrected chi connectivity index (χ2v) is 7.24.